The van der Waals surface area contributed by atoms with E-state index in [1.54, 1.807) is 22.6 Å². The highest BCUT2D eigenvalue weighted by molar-refractivity contribution is 6.35. The number of nitrogens with zero attached hydrogens (tertiary/aromatic N) is 2. The van der Waals surface area contributed by atoms with E-state index in [9.17, 15) is 4.79 Å². The molecule has 4 rings (SSSR count). The quantitative estimate of drug-likeness (QED) is 0.414. The van der Waals surface area contributed by atoms with Crippen LogP contribution in [0.2, 0.25) is 15.1 Å². The Hall–Kier alpha value is -2.53. The number of aromatic nitrogens is 2. The monoisotopic (exact) mass is 443 g/mol. The molecule has 0 aliphatic carbocycles. The lowest BCUT2D eigenvalue weighted by Crippen LogP contribution is -2.27. The van der Waals surface area contributed by atoms with E-state index in [2.05, 4.69) is 10.3 Å². The number of fused-ring (bicyclic) bond motifs is 1. The Morgan fingerprint density at radius 3 is 2.38 bits per heavy atom. The minimum Gasteiger partial charge on any atom is -0.349 e. The van der Waals surface area contributed by atoms with Gasteiger partial charge in [-0.2, -0.15) is 0 Å². The normalized spacial score (nSPS) is 11.0. The van der Waals surface area contributed by atoms with Crippen molar-refractivity contribution in [2.24, 2.45) is 0 Å². The molecule has 146 valence electrons. The largest absolute Gasteiger partial charge is 0.349 e. The summed E-state index contributed by atoms with van der Waals surface area (Å²) in [6.45, 7) is 0.487. The lowest BCUT2D eigenvalue weighted by molar-refractivity contribution is 0.0943. The maximum atomic E-state index is 12.8. The Bertz CT molecular complexity index is 1170. The first kappa shape index (κ1) is 19.8. The number of pyridine rings is 1. The summed E-state index contributed by atoms with van der Waals surface area (Å²) in [5.41, 5.74) is 3.30. The molecule has 0 atom stereocenters. The van der Waals surface area contributed by atoms with Gasteiger partial charge in [0.1, 0.15) is 0 Å². The van der Waals surface area contributed by atoms with E-state index in [1.165, 1.54) is 0 Å². The van der Waals surface area contributed by atoms with Crippen LogP contribution in [0.3, 0.4) is 0 Å². The van der Waals surface area contributed by atoms with Gasteiger partial charge in [-0.25, -0.2) is 4.98 Å². The first-order chi connectivity index (χ1) is 14.0. The number of rotatable bonds is 5. The third-order valence-electron chi connectivity index (χ3n) is 4.50. The first-order valence-electron chi connectivity index (χ1n) is 8.97. The van der Waals surface area contributed by atoms with E-state index in [0.717, 1.165) is 16.6 Å². The van der Waals surface area contributed by atoms with E-state index in [1.807, 2.05) is 48.7 Å². The minimum absolute atomic E-state index is 0.250. The zero-order valence-electron chi connectivity index (χ0n) is 15.2. The number of carbonyl (C=O) groups is 1. The molecule has 0 aliphatic rings. The van der Waals surface area contributed by atoms with Gasteiger partial charge in [0.25, 0.3) is 5.91 Å². The van der Waals surface area contributed by atoms with Gasteiger partial charge >= 0.3 is 0 Å². The lowest BCUT2D eigenvalue weighted by atomic mass is 10.1. The number of carbonyl (C=O) groups excluding carboxylic acids is 1. The molecule has 0 saturated heterocycles. The van der Waals surface area contributed by atoms with Crippen LogP contribution in [0.4, 0.5) is 0 Å². The van der Waals surface area contributed by atoms with Gasteiger partial charge in [0.15, 0.2) is 0 Å². The number of nitrogens with one attached hydrogen (secondary N) is 1. The van der Waals surface area contributed by atoms with Crippen molar-refractivity contribution in [2.75, 3.05) is 6.54 Å². The van der Waals surface area contributed by atoms with Gasteiger partial charge in [-0.05, 0) is 54.4 Å². The fourth-order valence-electron chi connectivity index (χ4n) is 3.15. The molecule has 0 unspecified atom stereocenters. The van der Waals surface area contributed by atoms with Crippen molar-refractivity contribution in [3.63, 3.8) is 0 Å². The highest BCUT2D eigenvalue weighted by Crippen LogP contribution is 2.30. The number of amides is 1. The summed E-state index contributed by atoms with van der Waals surface area (Å²) in [6.07, 6.45) is 2.51. The van der Waals surface area contributed by atoms with Crippen LogP contribution < -0.4 is 5.32 Å². The molecule has 1 amide bonds. The van der Waals surface area contributed by atoms with Crippen molar-refractivity contribution in [3.8, 4) is 11.3 Å². The average molecular weight is 445 g/mol. The Morgan fingerprint density at radius 2 is 1.66 bits per heavy atom. The summed E-state index contributed by atoms with van der Waals surface area (Å²) < 4.78 is 1.77. The lowest BCUT2D eigenvalue weighted by Gasteiger charge is -2.05. The maximum Gasteiger partial charge on any atom is 0.287 e. The molecule has 1 N–H and O–H groups in total. The molecular weight excluding hydrogens is 429 g/mol. The van der Waals surface area contributed by atoms with E-state index < -0.39 is 0 Å². The van der Waals surface area contributed by atoms with Crippen molar-refractivity contribution < 1.29 is 4.79 Å². The van der Waals surface area contributed by atoms with Crippen LogP contribution in [-0.4, -0.2) is 21.8 Å². The van der Waals surface area contributed by atoms with Gasteiger partial charge in [0.2, 0.25) is 5.82 Å². The summed E-state index contributed by atoms with van der Waals surface area (Å²) >= 11 is 18.2. The van der Waals surface area contributed by atoms with Gasteiger partial charge in [-0.15, -0.1) is 0 Å². The second-order valence-corrected chi connectivity index (χ2v) is 7.84. The molecule has 0 spiro atoms. The zero-order valence-corrected chi connectivity index (χ0v) is 17.5. The Labute approximate surface area is 183 Å². The maximum absolute atomic E-state index is 12.8. The average Bonchev–Trinajstić information content (AvgIpc) is 3.09. The predicted octanol–water partition coefficient (Wildman–Crippen LogP) is 5.93. The highest BCUT2D eigenvalue weighted by Gasteiger charge is 2.18. The van der Waals surface area contributed by atoms with Crippen LogP contribution in [0.15, 0.2) is 66.9 Å². The number of imidazole rings is 1. The smallest absolute Gasteiger partial charge is 0.287 e. The summed E-state index contributed by atoms with van der Waals surface area (Å²) in [5, 5.41) is 4.65. The Kier molecular flexibility index (Phi) is 5.76. The van der Waals surface area contributed by atoms with Crippen LogP contribution >= 0.6 is 34.8 Å². The van der Waals surface area contributed by atoms with E-state index in [0.29, 0.717) is 39.6 Å². The summed E-state index contributed by atoms with van der Waals surface area (Å²) in [5.74, 6) is 0.0577. The van der Waals surface area contributed by atoms with Crippen molar-refractivity contribution in [1.82, 2.24) is 14.7 Å². The third-order valence-corrected chi connectivity index (χ3v) is 5.19. The molecule has 7 heteroatoms. The van der Waals surface area contributed by atoms with Crippen molar-refractivity contribution in [2.45, 2.75) is 6.42 Å². The van der Waals surface area contributed by atoms with Crippen molar-refractivity contribution in [3.05, 3.63) is 93.3 Å². The van der Waals surface area contributed by atoms with Crippen molar-refractivity contribution in [1.29, 1.82) is 0 Å². The number of hydrogen-bond donors (Lipinski definition) is 1. The molecule has 4 nitrogen and oxygen atoms in total. The molecule has 0 radical (unpaired) electrons. The van der Waals surface area contributed by atoms with E-state index in [-0.39, 0.29) is 5.91 Å². The molecule has 0 saturated carbocycles. The van der Waals surface area contributed by atoms with Crippen LogP contribution in [-0.2, 0) is 6.42 Å². The summed E-state index contributed by atoms with van der Waals surface area (Å²) in [6, 6.07) is 18.4. The Balaban J connectivity index is 1.60. The molecule has 2 aromatic heterocycles. The molecule has 0 bridgehead atoms. The first-order valence-corrected chi connectivity index (χ1v) is 10.1. The number of halogens is 3. The summed E-state index contributed by atoms with van der Waals surface area (Å²) in [4.78, 5) is 17.4. The predicted molar refractivity (Wildman–Crippen MR) is 118 cm³/mol. The third kappa shape index (κ3) is 4.40. The highest BCUT2D eigenvalue weighted by atomic mass is 35.5. The fraction of sp³-hybridized carbons (Fsp3) is 0.0909. The van der Waals surface area contributed by atoms with Crippen molar-refractivity contribution >= 4 is 46.2 Å². The number of benzene rings is 2. The van der Waals surface area contributed by atoms with Gasteiger partial charge < -0.3 is 5.32 Å². The minimum atomic E-state index is -0.250. The van der Waals surface area contributed by atoms with Crippen LogP contribution in [0, 0.1) is 0 Å². The SMILES string of the molecule is O=C(NCCc1ccc(Cl)cc1)c1nc(-c2cc(Cl)cc(Cl)c2)c2ccccn12. The van der Waals surface area contributed by atoms with E-state index in [4.69, 9.17) is 34.8 Å². The molecule has 29 heavy (non-hydrogen) atoms. The van der Waals surface area contributed by atoms with Gasteiger partial charge in [-0.1, -0.05) is 53.0 Å². The molecule has 2 heterocycles. The van der Waals surface area contributed by atoms with Crippen LogP contribution in [0.1, 0.15) is 16.2 Å². The Morgan fingerprint density at radius 1 is 0.931 bits per heavy atom. The van der Waals surface area contributed by atoms with Crippen LogP contribution in [0.5, 0.6) is 0 Å². The summed E-state index contributed by atoms with van der Waals surface area (Å²) in [7, 11) is 0. The van der Waals surface area contributed by atoms with Crippen LogP contribution in [0.25, 0.3) is 16.8 Å². The standard InChI is InChI=1S/C22H16Cl3N3O/c23-16-6-4-14(5-7-16)8-9-26-22(29)21-27-20(19-3-1-2-10-28(19)21)15-11-17(24)13-18(25)12-15/h1-7,10-13H,8-9H2,(H,26,29). The van der Waals surface area contributed by atoms with Gasteiger partial charge in [-0.3, -0.25) is 9.20 Å². The van der Waals surface area contributed by atoms with Gasteiger partial charge in [0, 0.05) is 33.4 Å². The zero-order chi connectivity index (χ0) is 20.4. The van der Waals surface area contributed by atoms with E-state index >= 15 is 0 Å². The molecular formula is C22H16Cl3N3O. The molecule has 0 fully saturated rings. The number of hydrogen-bond acceptors (Lipinski definition) is 2. The molecule has 0 aliphatic heterocycles. The topological polar surface area (TPSA) is 46.4 Å². The fourth-order valence-corrected chi connectivity index (χ4v) is 3.80. The molecule has 4 aromatic rings. The van der Waals surface area contributed by atoms with Gasteiger partial charge in [0.05, 0.1) is 11.2 Å². The second-order valence-electron chi connectivity index (χ2n) is 6.53. The molecule has 2 aromatic carbocycles. The second kappa shape index (κ2) is 8.46.